The molecular formula is C13H18NO6P. The zero-order chi connectivity index (χ0) is 15.7. The van der Waals surface area contributed by atoms with E-state index in [1.807, 2.05) is 0 Å². The first-order chi connectivity index (χ1) is 10.0. The van der Waals surface area contributed by atoms with Crippen molar-refractivity contribution in [2.24, 2.45) is 5.73 Å². The van der Waals surface area contributed by atoms with Gasteiger partial charge in [0.2, 0.25) is 5.91 Å². The highest BCUT2D eigenvalue weighted by atomic mass is 31.1. The molecule has 0 aliphatic carbocycles. The smallest absolute Gasteiger partial charge is 0.368 e. The van der Waals surface area contributed by atoms with Crippen LogP contribution in [0.2, 0.25) is 0 Å². The molecule has 0 aliphatic heterocycles. The maximum Gasteiger partial charge on any atom is 0.368 e. The Balaban J connectivity index is 2.59. The van der Waals surface area contributed by atoms with Crippen LogP contribution in [0.25, 0.3) is 0 Å². The third-order valence-corrected chi connectivity index (χ3v) is 3.26. The number of carbonyl (C=O) groups is 2. The van der Waals surface area contributed by atoms with E-state index in [-0.39, 0.29) is 19.4 Å². The summed E-state index contributed by atoms with van der Waals surface area (Å²) in [4.78, 5) is 22.4. The summed E-state index contributed by atoms with van der Waals surface area (Å²) in [6.45, 7) is 1.78. The summed E-state index contributed by atoms with van der Waals surface area (Å²) in [5.41, 5.74) is 5.02. The lowest BCUT2D eigenvalue weighted by Crippen LogP contribution is -2.27. The van der Waals surface area contributed by atoms with E-state index in [0.29, 0.717) is 5.75 Å². The lowest BCUT2D eigenvalue weighted by atomic mass is 10.2. The molecule has 1 rings (SSSR count). The van der Waals surface area contributed by atoms with Crippen molar-refractivity contribution in [3.05, 3.63) is 30.3 Å². The Kier molecular flexibility index (Phi) is 7.50. The van der Waals surface area contributed by atoms with Gasteiger partial charge in [0.05, 0.1) is 6.61 Å². The first-order valence-electron chi connectivity index (χ1n) is 6.41. The van der Waals surface area contributed by atoms with Gasteiger partial charge >= 0.3 is 14.2 Å². The molecule has 0 aliphatic rings. The number of para-hydroxylation sites is 1. The summed E-state index contributed by atoms with van der Waals surface area (Å²) < 4.78 is 26.7. The SMILES string of the molecule is CCOC(=O)C(CCC(N)=O)O[PH](=O)Oc1ccccc1. The molecule has 116 valence electrons. The molecule has 0 radical (unpaired) electrons. The molecule has 2 N–H and O–H groups in total. The van der Waals surface area contributed by atoms with Crippen molar-refractivity contribution in [2.45, 2.75) is 25.9 Å². The highest BCUT2D eigenvalue weighted by Crippen LogP contribution is 2.30. The van der Waals surface area contributed by atoms with Crippen LogP contribution in [-0.2, 0) is 23.4 Å². The van der Waals surface area contributed by atoms with Crippen LogP contribution in [0.1, 0.15) is 19.8 Å². The first kappa shape index (κ1) is 17.2. The van der Waals surface area contributed by atoms with Gasteiger partial charge in [-0.3, -0.25) is 9.32 Å². The molecule has 0 saturated heterocycles. The second-order valence-electron chi connectivity index (χ2n) is 4.03. The number of nitrogens with two attached hydrogens (primary N) is 1. The monoisotopic (exact) mass is 315 g/mol. The van der Waals surface area contributed by atoms with E-state index in [4.69, 9.17) is 19.5 Å². The number of primary amides is 1. The lowest BCUT2D eigenvalue weighted by Gasteiger charge is -2.15. The van der Waals surface area contributed by atoms with Gasteiger partial charge in [-0.25, -0.2) is 9.36 Å². The zero-order valence-electron chi connectivity index (χ0n) is 11.6. The van der Waals surface area contributed by atoms with Crippen LogP contribution in [0.15, 0.2) is 30.3 Å². The summed E-state index contributed by atoms with van der Waals surface area (Å²) in [6.07, 6.45) is -1.24. The number of benzene rings is 1. The van der Waals surface area contributed by atoms with Crippen LogP contribution in [-0.4, -0.2) is 24.6 Å². The molecule has 0 spiro atoms. The second kappa shape index (κ2) is 9.15. The average molecular weight is 315 g/mol. The second-order valence-corrected chi connectivity index (χ2v) is 4.97. The van der Waals surface area contributed by atoms with Crippen molar-refractivity contribution >= 4 is 20.1 Å². The predicted molar refractivity (Wildman–Crippen MR) is 76.0 cm³/mol. The average Bonchev–Trinajstić information content (AvgIpc) is 2.44. The summed E-state index contributed by atoms with van der Waals surface area (Å²) in [5.74, 6) is -0.927. The third kappa shape index (κ3) is 6.92. The number of ether oxygens (including phenoxy) is 1. The minimum atomic E-state index is -2.95. The highest BCUT2D eigenvalue weighted by molar-refractivity contribution is 7.33. The van der Waals surface area contributed by atoms with Crippen LogP contribution in [0.5, 0.6) is 5.75 Å². The van der Waals surface area contributed by atoms with Gasteiger partial charge in [0.15, 0.2) is 6.10 Å². The van der Waals surface area contributed by atoms with E-state index in [9.17, 15) is 14.2 Å². The van der Waals surface area contributed by atoms with Crippen LogP contribution >= 0.6 is 8.25 Å². The molecule has 0 heterocycles. The van der Waals surface area contributed by atoms with Gasteiger partial charge in [0.25, 0.3) is 0 Å². The number of hydrogen-bond acceptors (Lipinski definition) is 6. The van der Waals surface area contributed by atoms with Crippen molar-refractivity contribution in [3.63, 3.8) is 0 Å². The Morgan fingerprint density at radius 2 is 1.95 bits per heavy atom. The van der Waals surface area contributed by atoms with E-state index < -0.39 is 26.2 Å². The molecule has 2 atom stereocenters. The lowest BCUT2D eigenvalue weighted by molar-refractivity contribution is -0.151. The van der Waals surface area contributed by atoms with Crippen LogP contribution < -0.4 is 10.3 Å². The van der Waals surface area contributed by atoms with E-state index in [0.717, 1.165) is 0 Å². The minimum absolute atomic E-state index is 0.0112. The van der Waals surface area contributed by atoms with E-state index in [1.54, 1.807) is 37.3 Å². The molecular weight excluding hydrogens is 297 g/mol. The molecule has 1 aromatic rings. The molecule has 2 unspecified atom stereocenters. The Morgan fingerprint density at radius 1 is 1.29 bits per heavy atom. The number of hydrogen-bond donors (Lipinski definition) is 1. The van der Waals surface area contributed by atoms with Crippen molar-refractivity contribution in [3.8, 4) is 5.75 Å². The Morgan fingerprint density at radius 3 is 2.52 bits per heavy atom. The third-order valence-electron chi connectivity index (χ3n) is 2.39. The maximum absolute atomic E-state index is 11.8. The molecule has 0 aromatic heterocycles. The van der Waals surface area contributed by atoms with Crippen LogP contribution in [0.3, 0.4) is 0 Å². The molecule has 1 aromatic carbocycles. The van der Waals surface area contributed by atoms with Crippen molar-refractivity contribution in [1.82, 2.24) is 0 Å². The van der Waals surface area contributed by atoms with Gasteiger partial charge in [0.1, 0.15) is 5.75 Å². The van der Waals surface area contributed by atoms with Gasteiger partial charge in [0, 0.05) is 6.42 Å². The molecule has 7 nitrogen and oxygen atoms in total. The summed E-state index contributed by atoms with van der Waals surface area (Å²) in [6, 6.07) is 8.41. The number of rotatable bonds is 9. The standard InChI is InChI=1S/C13H18NO6P/c1-2-18-13(16)11(8-9-12(14)15)20-21(17)19-10-6-4-3-5-7-10/h3-7,11,21H,2,8-9H2,1H3,(H2,14,15). The zero-order valence-corrected chi connectivity index (χ0v) is 12.6. The Hall–Kier alpha value is -1.85. The molecule has 21 heavy (non-hydrogen) atoms. The van der Waals surface area contributed by atoms with Crippen molar-refractivity contribution in [2.75, 3.05) is 6.61 Å². The molecule has 8 heteroatoms. The van der Waals surface area contributed by atoms with E-state index >= 15 is 0 Å². The minimum Gasteiger partial charge on any atom is -0.464 e. The molecule has 0 saturated carbocycles. The maximum atomic E-state index is 11.8. The van der Waals surface area contributed by atoms with E-state index in [1.165, 1.54) is 0 Å². The fraction of sp³-hybridized carbons (Fsp3) is 0.385. The van der Waals surface area contributed by atoms with Gasteiger partial charge in [-0.2, -0.15) is 0 Å². The first-order valence-corrected chi connectivity index (χ1v) is 7.63. The Bertz CT molecular complexity index is 493. The topological polar surface area (TPSA) is 105 Å². The largest absolute Gasteiger partial charge is 0.464 e. The van der Waals surface area contributed by atoms with Crippen LogP contribution in [0.4, 0.5) is 0 Å². The normalized spacial score (nSPS) is 13.2. The quantitative estimate of drug-likeness (QED) is 0.549. The summed E-state index contributed by atoms with van der Waals surface area (Å²) in [7, 11) is -2.95. The predicted octanol–water partition coefficient (Wildman–Crippen LogP) is 1.67. The number of esters is 1. The van der Waals surface area contributed by atoms with Gasteiger partial charge < -0.3 is 15.0 Å². The van der Waals surface area contributed by atoms with Gasteiger partial charge in [-0.15, -0.1) is 0 Å². The molecule has 1 amide bonds. The summed E-state index contributed by atoms with van der Waals surface area (Å²) in [5, 5.41) is 0. The number of amides is 1. The van der Waals surface area contributed by atoms with Gasteiger partial charge in [-0.1, -0.05) is 18.2 Å². The number of carbonyl (C=O) groups excluding carboxylic acids is 2. The fourth-order valence-electron chi connectivity index (χ4n) is 1.46. The summed E-state index contributed by atoms with van der Waals surface area (Å²) >= 11 is 0. The Labute approximate surface area is 123 Å². The van der Waals surface area contributed by atoms with E-state index in [2.05, 4.69) is 0 Å². The fourth-order valence-corrected chi connectivity index (χ4v) is 2.28. The molecule has 0 fully saturated rings. The molecule has 0 bridgehead atoms. The van der Waals surface area contributed by atoms with Crippen molar-refractivity contribution in [1.29, 1.82) is 0 Å². The highest BCUT2D eigenvalue weighted by Gasteiger charge is 2.24. The van der Waals surface area contributed by atoms with Gasteiger partial charge in [-0.05, 0) is 25.5 Å². The van der Waals surface area contributed by atoms with Crippen LogP contribution in [0, 0.1) is 0 Å². The van der Waals surface area contributed by atoms with Crippen molar-refractivity contribution < 1.29 is 27.9 Å².